The SMILES string of the molecule is CC(=O)N(C)CCN(C)C(=O)[C@@H]1CCCN1C(=O)C1=C(C(C)C)N2C(=N[C@@](C)(c3ccc(Cl)cc3)[C@H]2c2ccc(Cl)cc2)S1.CC(C)C1=C(C(=O)N2CCC[C@H]2C(=O)O)SC2=N[C@@](C)(c3ccc(Cl)cc3)[C@@H](c3ccc(Cl)cc3)N21.CNCCN(C)C(C)=O. The van der Waals surface area contributed by atoms with E-state index in [0.717, 1.165) is 63.5 Å². The van der Waals surface area contributed by atoms with Crippen molar-refractivity contribution in [2.45, 2.75) is 116 Å². The summed E-state index contributed by atoms with van der Waals surface area (Å²) in [5.41, 5.74) is 4.56. The number of allylic oxidation sites excluding steroid dienone is 2. The predicted molar refractivity (Wildman–Crippen MR) is 359 cm³/mol. The van der Waals surface area contributed by atoms with Crippen LogP contribution < -0.4 is 5.32 Å². The number of amides is 5. The summed E-state index contributed by atoms with van der Waals surface area (Å²) in [7, 11) is 7.11. The van der Waals surface area contributed by atoms with Gasteiger partial charge in [0.15, 0.2) is 10.3 Å². The number of carboxylic acids is 1. The van der Waals surface area contributed by atoms with Crippen LogP contribution in [0.5, 0.6) is 0 Å². The van der Waals surface area contributed by atoms with Crippen LogP contribution in [0.1, 0.15) is 115 Å². The van der Waals surface area contributed by atoms with Gasteiger partial charge in [-0.05, 0) is 153 Å². The average molecular weight is 1330 g/mol. The minimum absolute atomic E-state index is 0.0115. The van der Waals surface area contributed by atoms with Gasteiger partial charge in [-0.2, -0.15) is 0 Å². The fourth-order valence-corrected chi connectivity index (χ4v) is 15.4. The molecule has 2 saturated heterocycles. The van der Waals surface area contributed by atoms with Gasteiger partial charge in [0.2, 0.25) is 17.7 Å². The van der Waals surface area contributed by atoms with Gasteiger partial charge in [-0.25, -0.2) is 14.8 Å². The van der Waals surface area contributed by atoms with Crippen molar-refractivity contribution in [3.63, 3.8) is 0 Å². The molecule has 2 fully saturated rings. The Balaban J connectivity index is 0.000000205. The summed E-state index contributed by atoms with van der Waals surface area (Å²) < 4.78 is 0. The minimum atomic E-state index is -0.956. The van der Waals surface area contributed by atoms with Crippen LogP contribution in [0.25, 0.3) is 0 Å². The number of amidine groups is 2. The zero-order valence-corrected chi connectivity index (χ0v) is 57.2. The molecule has 0 saturated carbocycles. The number of rotatable bonds is 16. The molecule has 6 aliphatic rings. The van der Waals surface area contributed by atoms with E-state index in [1.165, 1.54) is 35.3 Å². The van der Waals surface area contributed by atoms with E-state index in [9.17, 15) is 33.9 Å². The Morgan fingerprint density at radius 3 is 1.28 bits per heavy atom. The number of likely N-dealkylation sites (tertiary alicyclic amines) is 2. The average Bonchev–Trinajstić information content (AvgIpc) is 1.57. The highest BCUT2D eigenvalue weighted by atomic mass is 35.5. The standard InChI is InChI=1S/C33H39Cl2N5O3S.C27H27Cl2N3O3S.C6H14N2O/c1-20(2)27-28(31(43)39-17-7-8-26(39)30(42)38(6)19-18-37(5)21(3)41)44-32-36-33(4,23-11-15-25(35)16-12-23)29(40(27)32)22-9-13-24(34)14-10-22;1-15(2)21-22(24(33)31-14-4-5-20(31)25(34)35)36-26-30-27(3,17-8-12-19(29)13-9-17)23(32(21)26)16-6-10-18(28)11-7-16;1-6(9)8(3)5-4-7-2/h9-16,20,26,29H,7-8,17-19H2,1-6H3;6-13,15,20,23H,4-5,14H2,1-3H3,(H,34,35);7H,4-5H2,1-3H3/t26-,29+,33-;20-,23+,27-;/m00./s1. The van der Waals surface area contributed by atoms with Crippen LogP contribution in [0.2, 0.25) is 20.1 Å². The highest BCUT2D eigenvalue weighted by Crippen LogP contribution is 2.58. The maximum atomic E-state index is 14.4. The Hall–Kier alpha value is -6.06. The number of fused-ring (bicyclic) bond motifs is 2. The molecule has 4 aromatic rings. The topological polar surface area (TPSA) is 182 Å². The van der Waals surface area contributed by atoms with Crippen LogP contribution >= 0.6 is 69.9 Å². The zero-order valence-electron chi connectivity index (χ0n) is 52.5. The molecule has 2 N–H and O–H groups in total. The Kier molecular flexibility index (Phi) is 22.5. The number of benzene rings is 4. The van der Waals surface area contributed by atoms with E-state index >= 15 is 0 Å². The Labute approximate surface area is 551 Å². The van der Waals surface area contributed by atoms with E-state index in [4.69, 9.17) is 56.4 Å². The van der Waals surface area contributed by atoms with Crippen molar-refractivity contribution in [2.24, 2.45) is 21.8 Å². The first-order chi connectivity index (χ1) is 42.1. The molecule has 0 aromatic heterocycles. The quantitative estimate of drug-likeness (QED) is 0.108. The van der Waals surface area contributed by atoms with Crippen molar-refractivity contribution < 1.29 is 33.9 Å². The molecule has 4 aromatic carbocycles. The fraction of sp³-hybridized carbons (Fsp3) is 0.455. The monoisotopic (exact) mass is 1330 g/mol. The lowest BCUT2D eigenvalue weighted by Crippen LogP contribution is -2.48. The number of likely N-dealkylation sites (N-methyl/N-ethyl adjacent to an activating group) is 4. The van der Waals surface area contributed by atoms with Gasteiger partial charge in [0, 0.05) is 106 Å². The fourth-order valence-electron chi connectivity index (χ4n) is 12.2. The minimum Gasteiger partial charge on any atom is -0.480 e. The van der Waals surface area contributed by atoms with Crippen LogP contribution in [0.15, 0.2) is 128 Å². The Morgan fingerprint density at radius 1 is 0.573 bits per heavy atom. The van der Waals surface area contributed by atoms with Crippen LogP contribution in [-0.2, 0) is 39.8 Å². The van der Waals surface area contributed by atoms with Crippen LogP contribution in [0, 0.1) is 11.8 Å². The lowest BCUT2D eigenvalue weighted by Gasteiger charge is -2.37. The molecule has 0 spiro atoms. The van der Waals surface area contributed by atoms with E-state index in [0.29, 0.717) is 75.3 Å². The molecule has 17 nitrogen and oxygen atoms in total. The molecular weight excluding hydrogens is 1250 g/mol. The molecular formula is C66H80Cl4N10O7S2. The third-order valence-electron chi connectivity index (χ3n) is 17.2. The van der Waals surface area contributed by atoms with Crippen molar-refractivity contribution in [2.75, 3.05) is 67.5 Å². The van der Waals surface area contributed by atoms with Crippen LogP contribution in [-0.4, -0.2) is 165 Å². The summed E-state index contributed by atoms with van der Waals surface area (Å²) in [6.45, 7) is 19.0. The second-order valence-electron chi connectivity index (χ2n) is 24.1. The van der Waals surface area contributed by atoms with Gasteiger partial charge in [-0.1, -0.05) is 123 Å². The molecule has 476 valence electrons. The van der Waals surface area contributed by atoms with Crippen LogP contribution in [0.3, 0.4) is 0 Å². The first-order valence-electron chi connectivity index (χ1n) is 30.0. The molecule has 0 unspecified atom stereocenters. The molecule has 5 amide bonds. The summed E-state index contributed by atoms with van der Waals surface area (Å²) in [5, 5.41) is 16.7. The number of carbonyl (C=O) groups is 6. The van der Waals surface area contributed by atoms with Gasteiger partial charge in [0.05, 0.1) is 12.1 Å². The van der Waals surface area contributed by atoms with E-state index in [2.05, 4.69) is 56.7 Å². The highest BCUT2D eigenvalue weighted by molar-refractivity contribution is 8.18. The molecule has 6 aliphatic heterocycles. The number of carbonyl (C=O) groups excluding carboxylic acids is 5. The van der Waals surface area contributed by atoms with Gasteiger partial charge in [0.25, 0.3) is 11.8 Å². The molecule has 23 heteroatoms. The van der Waals surface area contributed by atoms with Crippen LogP contribution in [0.4, 0.5) is 0 Å². The molecule has 89 heavy (non-hydrogen) atoms. The largest absolute Gasteiger partial charge is 0.480 e. The number of nitrogens with zero attached hydrogens (tertiary/aromatic N) is 9. The zero-order chi connectivity index (χ0) is 65.0. The van der Waals surface area contributed by atoms with Gasteiger partial charge < -0.3 is 44.7 Å². The van der Waals surface area contributed by atoms with Crippen molar-refractivity contribution in [3.05, 3.63) is 161 Å². The Morgan fingerprint density at radius 2 is 0.921 bits per heavy atom. The summed E-state index contributed by atoms with van der Waals surface area (Å²) >= 11 is 27.7. The number of nitrogens with one attached hydrogen (secondary N) is 1. The third kappa shape index (κ3) is 14.7. The summed E-state index contributed by atoms with van der Waals surface area (Å²) in [4.78, 5) is 99.8. The van der Waals surface area contributed by atoms with Gasteiger partial charge in [-0.15, -0.1) is 0 Å². The van der Waals surface area contributed by atoms with Gasteiger partial charge in [0.1, 0.15) is 33.0 Å². The lowest BCUT2D eigenvalue weighted by molar-refractivity contribution is -0.146. The first kappa shape index (κ1) is 68.8. The highest BCUT2D eigenvalue weighted by Gasteiger charge is 2.56. The number of carboxylic acid groups (broad SMARTS) is 1. The summed E-state index contributed by atoms with van der Waals surface area (Å²) in [6, 6.07) is 29.3. The second kappa shape index (κ2) is 29.0. The lowest BCUT2D eigenvalue weighted by atomic mass is 9.81. The number of aliphatic imine (C=N–C) groups is 2. The number of hydrogen-bond acceptors (Lipinski definition) is 13. The summed E-state index contributed by atoms with van der Waals surface area (Å²) in [6.07, 6.45) is 2.53. The number of thioether (sulfide) groups is 2. The van der Waals surface area contributed by atoms with Crippen molar-refractivity contribution in [1.29, 1.82) is 0 Å². The van der Waals surface area contributed by atoms with E-state index in [1.807, 2.05) is 104 Å². The Bertz CT molecular complexity index is 3440. The summed E-state index contributed by atoms with van der Waals surface area (Å²) in [5.74, 6) is -1.33. The molecule has 0 bridgehead atoms. The third-order valence-corrected chi connectivity index (χ3v) is 20.4. The number of hydrogen-bond donors (Lipinski definition) is 2. The number of halogens is 4. The molecule has 6 atom stereocenters. The van der Waals surface area contributed by atoms with E-state index < -0.39 is 29.1 Å². The van der Waals surface area contributed by atoms with E-state index in [1.54, 1.807) is 47.7 Å². The van der Waals surface area contributed by atoms with Gasteiger partial charge in [-0.3, -0.25) is 24.0 Å². The first-order valence-corrected chi connectivity index (χ1v) is 33.1. The molecule has 10 rings (SSSR count). The maximum Gasteiger partial charge on any atom is 0.326 e. The van der Waals surface area contributed by atoms with E-state index in [-0.39, 0.29) is 53.5 Å². The normalized spacial score (nSPS) is 22.6. The molecule has 6 heterocycles. The smallest absolute Gasteiger partial charge is 0.326 e. The number of aliphatic carboxylic acids is 1. The van der Waals surface area contributed by atoms with Crippen molar-refractivity contribution in [3.8, 4) is 0 Å². The molecule has 0 radical (unpaired) electrons. The maximum absolute atomic E-state index is 14.4. The van der Waals surface area contributed by atoms with Gasteiger partial charge >= 0.3 is 5.97 Å². The second-order valence-corrected chi connectivity index (χ2v) is 27.8. The van der Waals surface area contributed by atoms with Crippen molar-refractivity contribution >= 4 is 116 Å². The predicted octanol–water partition coefficient (Wildman–Crippen LogP) is 12.2. The molecule has 0 aliphatic carbocycles. The van der Waals surface area contributed by atoms with Crippen molar-refractivity contribution in [1.82, 2.24) is 39.6 Å².